The first kappa shape index (κ1) is 9.57. The summed E-state index contributed by atoms with van der Waals surface area (Å²) in [6.07, 6.45) is 2.46. The number of aryl methyl sites for hydroxylation is 1. The molecule has 1 unspecified atom stereocenters. The Kier molecular flexibility index (Phi) is 2.49. The molecule has 0 aromatic heterocycles. The van der Waals surface area contributed by atoms with Gasteiger partial charge in [-0.1, -0.05) is 38.0 Å². The number of anilines is 1. The molecule has 1 aromatic rings. The summed E-state index contributed by atoms with van der Waals surface area (Å²) in [5.74, 6) is 0.766. The van der Waals surface area contributed by atoms with Gasteiger partial charge in [0.1, 0.15) is 0 Å². The van der Waals surface area contributed by atoms with Crippen molar-refractivity contribution in [3.05, 3.63) is 29.3 Å². The monoisotopic (exact) mass is 189 g/mol. The molecule has 1 aliphatic rings. The predicted octanol–water partition coefficient (Wildman–Crippen LogP) is 3.38. The minimum atomic E-state index is 0.650. The molecular weight excluding hydrogens is 170 g/mol. The zero-order valence-electron chi connectivity index (χ0n) is 9.30. The van der Waals surface area contributed by atoms with Crippen LogP contribution in [0.3, 0.4) is 0 Å². The number of hydrogen-bond acceptors (Lipinski definition) is 1. The van der Waals surface area contributed by atoms with Crippen LogP contribution >= 0.6 is 0 Å². The van der Waals surface area contributed by atoms with Gasteiger partial charge in [-0.25, -0.2) is 0 Å². The fraction of sp³-hybridized carbons (Fsp3) is 0.538. The zero-order chi connectivity index (χ0) is 10.1. The highest BCUT2D eigenvalue weighted by molar-refractivity contribution is 5.58. The van der Waals surface area contributed by atoms with E-state index in [1.165, 1.54) is 29.7 Å². The second-order valence-electron chi connectivity index (χ2n) is 4.50. The quantitative estimate of drug-likeness (QED) is 0.752. The lowest BCUT2D eigenvalue weighted by Gasteiger charge is -2.17. The molecule has 0 fully saturated rings. The lowest BCUT2D eigenvalue weighted by molar-refractivity contribution is 0.478. The molecule has 1 aliphatic heterocycles. The smallest absolute Gasteiger partial charge is 0.0376 e. The Morgan fingerprint density at radius 2 is 2.29 bits per heavy atom. The standard InChI is InChI=1S/C13H19N/c1-4-10(3)13-8-11-7-9(2)5-6-12(11)14-13/h5-7,10,13-14H,4,8H2,1-3H3/t10-,13?/m1/s1. The third-order valence-electron chi connectivity index (χ3n) is 3.37. The van der Waals surface area contributed by atoms with Gasteiger partial charge in [-0.2, -0.15) is 0 Å². The first-order chi connectivity index (χ1) is 6.70. The van der Waals surface area contributed by atoms with E-state index < -0.39 is 0 Å². The molecule has 0 aliphatic carbocycles. The molecule has 1 heteroatoms. The van der Waals surface area contributed by atoms with E-state index in [-0.39, 0.29) is 0 Å². The van der Waals surface area contributed by atoms with Crippen LogP contribution in [0.25, 0.3) is 0 Å². The van der Waals surface area contributed by atoms with Crippen molar-refractivity contribution in [2.75, 3.05) is 5.32 Å². The molecule has 2 rings (SSSR count). The fourth-order valence-electron chi connectivity index (χ4n) is 2.15. The highest BCUT2D eigenvalue weighted by Crippen LogP contribution is 2.30. The minimum Gasteiger partial charge on any atom is -0.381 e. The maximum atomic E-state index is 3.61. The van der Waals surface area contributed by atoms with Gasteiger partial charge in [0.15, 0.2) is 0 Å². The highest BCUT2D eigenvalue weighted by Gasteiger charge is 2.23. The van der Waals surface area contributed by atoms with Crippen LogP contribution in [0.5, 0.6) is 0 Å². The van der Waals surface area contributed by atoms with Gasteiger partial charge in [0.25, 0.3) is 0 Å². The van der Waals surface area contributed by atoms with Crippen molar-refractivity contribution in [3.63, 3.8) is 0 Å². The Bertz CT molecular complexity index is 330. The predicted molar refractivity (Wildman–Crippen MR) is 61.7 cm³/mol. The Hall–Kier alpha value is -0.980. The summed E-state index contributed by atoms with van der Waals surface area (Å²) in [7, 11) is 0. The largest absolute Gasteiger partial charge is 0.381 e. The van der Waals surface area contributed by atoms with E-state index >= 15 is 0 Å². The first-order valence-corrected chi connectivity index (χ1v) is 5.56. The van der Waals surface area contributed by atoms with Gasteiger partial charge in [0, 0.05) is 11.7 Å². The van der Waals surface area contributed by atoms with Crippen molar-refractivity contribution >= 4 is 5.69 Å². The van der Waals surface area contributed by atoms with Gasteiger partial charge >= 0.3 is 0 Å². The first-order valence-electron chi connectivity index (χ1n) is 5.56. The molecule has 0 spiro atoms. The normalized spacial score (nSPS) is 21.5. The van der Waals surface area contributed by atoms with Crippen LogP contribution < -0.4 is 5.32 Å². The third-order valence-corrected chi connectivity index (χ3v) is 3.37. The fourth-order valence-corrected chi connectivity index (χ4v) is 2.15. The molecule has 0 bridgehead atoms. The highest BCUT2D eigenvalue weighted by atomic mass is 15.0. The molecule has 14 heavy (non-hydrogen) atoms. The topological polar surface area (TPSA) is 12.0 Å². The van der Waals surface area contributed by atoms with Crippen molar-refractivity contribution in [3.8, 4) is 0 Å². The molecule has 1 nitrogen and oxygen atoms in total. The van der Waals surface area contributed by atoms with E-state index in [4.69, 9.17) is 0 Å². The summed E-state index contributed by atoms with van der Waals surface area (Å²) in [6.45, 7) is 6.76. The van der Waals surface area contributed by atoms with Crippen LogP contribution in [-0.2, 0) is 6.42 Å². The third kappa shape index (κ3) is 1.63. The Labute approximate surface area is 86.5 Å². The van der Waals surface area contributed by atoms with Crippen LogP contribution in [0, 0.1) is 12.8 Å². The van der Waals surface area contributed by atoms with Crippen molar-refractivity contribution in [1.82, 2.24) is 0 Å². The van der Waals surface area contributed by atoms with Crippen LogP contribution in [-0.4, -0.2) is 6.04 Å². The molecule has 2 atom stereocenters. The van der Waals surface area contributed by atoms with Crippen LogP contribution in [0.4, 0.5) is 5.69 Å². The van der Waals surface area contributed by atoms with E-state index in [0.717, 1.165) is 5.92 Å². The molecule has 1 aromatic carbocycles. The summed E-state index contributed by atoms with van der Waals surface area (Å²) in [6, 6.07) is 7.36. The average molecular weight is 189 g/mol. The van der Waals surface area contributed by atoms with Gasteiger partial charge in [0.05, 0.1) is 0 Å². The molecular formula is C13H19N. The maximum Gasteiger partial charge on any atom is 0.0376 e. The van der Waals surface area contributed by atoms with Crippen molar-refractivity contribution in [2.45, 2.75) is 39.7 Å². The van der Waals surface area contributed by atoms with E-state index in [9.17, 15) is 0 Å². The van der Waals surface area contributed by atoms with Gasteiger partial charge in [-0.3, -0.25) is 0 Å². The number of benzene rings is 1. The number of rotatable bonds is 2. The number of nitrogens with one attached hydrogen (secondary N) is 1. The van der Waals surface area contributed by atoms with Gasteiger partial charge in [0.2, 0.25) is 0 Å². The lowest BCUT2D eigenvalue weighted by atomic mass is 9.96. The molecule has 0 amide bonds. The van der Waals surface area contributed by atoms with Gasteiger partial charge in [-0.15, -0.1) is 0 Å². The van der Waals surface area contributed by atoms with Crippen LogP contribution in [0.1, 0.15) is 31.4 Å². The Morgan fingerprint density at radius 1 is 1.50 bits per heavy atom. The van der Waals surface area contributed by atoms with Crippen molar-refractivity contribution in [1.29, 1.82) is 0 Å². The summed E-state index contributed by atoms with van der Waals surface area (Å²) < 4.78 is 0. The van der Waals surface area contributed by atoms with Gasteiger partial charge < -0.3 is 5.32 Å². The molecule has 76 valence electrons. The van der Waals surface area contributed by atoms with Crippen LogP contribution in [0.15, 0.2) is 18.2 Å². The molecule has 0 saturated carbocycles. The van der Waals surface area contributed by atoms with E-state index in [0.29, 0.717) is 6.04 Å². The summed E-state index contributed by atoms with van der Waals surface area (Å²) >= 11 is 0. The Morgan fingerprint density at radius 3 is 3.00 bits per heavy atom. The summed E-state index contributed by atoms with van der Waals surface area (Å²) in [4.78, 5) is 0. The second kappa shape index (κ2) is 3.64. The number of fused-ring (bicyclic) bond motifs is 1. The zero-order valence-corrected chi connectivity index (χ0v) is 9.30. The summed E-state index contributed by atoms with van der Waals surface area (Å²) in [5.41, 5.74) is 4.21. The molecule has 0 saturated heterocycles. The Balaban J connectivity index is 2.17. The van der Waals surface area contributed by atoms with Crippen molar-refractivity contribution in [2.24, 2.45) is 5.92 Å². The van der Waals surface area contributed by atoms with E-state index in [1.54, 1.807) is 0 Å². The molecule has 0 radical (unpaired) electrons. The lowest BCUT2D eigenvalue weighted by Crippen LogP contribution is -2.23. The van der Waals surface area contributed by atoms with E-state index in [1.807, 2.05) is 0 Å². The molecule has 1 heterocycles. The second-order valence-corrected chi connectivity index (χ2v) is 4.50. The van der Waals surface area contributed by atoms with Crippen molar-refractivity contribution < 1.29 is 0 Å². The van der Waals surface area contributed by atoms with Gasteiger partial charge in [-0.05, 0) is 30.9 Å². The maximum absolute atomic E-state index is 3.61. The molecule has 1 N–H and O–H groups in total. The average Bonchev–Trinajstić information content (AvgIpc) is 2.59. The minimum absolute atomic E-state index is 0.650. The van der Waals surface area contributed by atoms with E-state index in [2.05, 4.69) is 44.3 Å². The number of hydrogen-bond donors (Lipinski definition) is 1. The SMILES string of the molecule is CC[C@@H](C)C1Cc2cc(C)ccc2N1. The summed E-state index contributed by atoms with van der Waals surface area (Å²) in [5, 5.41) is 3.61. The van der Waals surface area contributed by atoms with Crippen LogP contribution in [0.2, 0.25) is 0 Å².